The number of sulfonamides is 1. The van der Waals surface area contributed by atoms with Gasteiger partial charge in [0, 0.05) is 11.3 Å². The molecule has 0 spiro atoms. The van der Waals surface area contributed by atoms with Gasteiger partial charge in [-0.15, -0.1) is 0 Å². The van der Waals surface area contributed by atoms with E-state index in [0.29, 0.717) is 12.8 Å². The average molecular weight is 440 g/mol. The van der Waals surface area contributed by atoms with Gasteiger partial charge in [-0.3, -0.25) is 9.48 Å². The molecule has 0 fully saturated rings. The van der Waals surface area contributed by atoms with Crippen molar-refractivity contribution in [2.45, 2.75) is 50.6 Å². The van der Waals surface area contributed by atoms with Crippen LogP contribution in [0.25, 0.3) is 11.1 Å². The maximum atomic E-state index is 13.0. The number of hydrogen-bond acceptors (Lipinski definition) is 4. The maximum absolute atomic E-state index is 13.0. The Morgan fingerprint density at radius 3 is 2.45 bits per heavy atom. The van der Waals surface area contributed by atoms with Crippen molar-refractivity contribution < 1.29 is 18.3 Å². The fraction of sp³-hybridized carbons (Fsp3) is 0.304. The van der Waals surface area contributed by atoms with Crippen LogP contribution in [0.2, 0.25) is 0 Å². The Labute approximate surface area is 181 Å². The molecule has 1 aromatic heterocycles. The number of carboxylic acid groups (broad SMARTS) is 1. The number of hydrogen-bond donors (Lipinski definition) is 2. The van der Waals surface area contributed by atoms with E-state index in [1.54, 1.807) is 18.3 Å². The number of nitrogens with zero attached hydrogens (tertiary/aromatic N) is 2. The van der Waals surface area contributed by atoms with Crippen molar-refractivity contribution in [3.05, 3.63) is 71.0 Å². The van der Waals surface area contributed by atoms with E-state index >= 15 is 0 Å². The lowest BCUT2D eigenvalue weighted by Crippen LogP contribution is -2.31. The number of carbonyl (C=O) groups is 1. The molecule has 0 aliphatic heterocycles. The second-order valence-electron chi connectivity index (χ2n) is 8.06. The normalized spacial score (nSPS) is 16.1. The number of benzene rings is 2. The number of nitrogens with one attached hydrogen (secondary N) is 1. The van der Waals surface area contributed by atoms with Crippen molar-refractivity contribution in [3.63, 3.8) is 0 Å². The first-order chi connectivity index (χ1) is 14.7. The fourth-order valence-electron chi connectivity index (χ4n) is 4.23. The van der Waals surface area contributed by atoms with E-state index in [2.05, 4.69) is 28.0 Å². The summed E-state index contributed by atoms with van der Waals surface area (Å²) in [6, 6.07) is 12.7. The zero-order valence-electron chi connectivity index (χ0n) is 17.5. The smallest absolute Gasteiger partial charge is 0.325 e. The van der Waals surface area contributed by atoms with E-state index < -0.39 is 22.0 Å². The van der Waals surface area contributed by atoms with Gasteiger partial charge >= 0.3 is 5.97 Å². The minimum Gasteiger partial charge on any atom is -0.480 e. The molecule has 2 aromatic carbocycles. The van der Waals surface area contributed by atoms with Crippen LogP contribution in [-0.4, -0.2) is 29.3 Å². The van der Waals surface area contributed by atoms with Crippen LogP contribution in [0.4, 0.5) is 0 Å². The third-order valence-electron chi connectivity index (χ3n) is 5.56. The molecule has 1 atom stereocenters. The van der Waals surface area contributed by atoms with E-state index in [9.17, 15) is 13.2 Å². The van der Waals surface area contributed by atoms with Gasteiger partial charge in [0.2, 0.25) is 10.0 Å². The first-order valence-electron chi connectivity index (χ1n) is 10.2. The molecule has 31 heavy (non-hydrogen) atoms. The topological polar surface area (TPSA) is 101 Å². The number of aromatic nitrogens is 2. The van der Waals surface area contributed by atoms with Crippen molar-refractivity contribution in [2.75, 3.05) is 0 Å². The summed E-state index contributed by atoms with van der Waals surface area (Å²) in [6.07, 6.45) is 3.67. The number of aliphatic carboxylic acids is 1. The van der Waals surface area contributed by atoms with Gasteiger partial charge in [-0.2, -0.15) is 5.10 Å². The first-order valence-corrected chi connectivity index (χ1v) is 11.7. The van der Waals surface area contributed by atoms with Gasteiger partial charge in [0.05, 0.1) is 17.1 Å². The summed E-state index contributed by atoms with van der Waals surface area (Å²) in [5.41, 5.74) is 5.86. The molecule has 3 aromatic rings. The summed E-state index contributed by atoms with van der Waals surface area (Å²) >= 11 is 0. The summed E-state index contributed by atoms with van der Waals surface area (Å²) in [7, 11) is -3.74. The molecule has 1 aliphatic carbocycles. The Morgan fingerprint density at radius 1 is 1.13 bits per heavy atom. The lowest BCUT2D eigenvalue weighted by molar-refractivity contribution is -0.137. The molecule has 0 saturated carbocycles. The van der Waals surface area contributed by atoms with Gasteiger partial charge in [0.15, 0.2) is 0 Å². The standard InChI is InChI=1S/C23H25N3O4S/c1-15-10-16(2)12-18(11-15)17-6-8-19(9-7-17)31(29,30)25-21-4-3-5-22-20(21)13-24-26(22)14-23(27)28/h6-13,21,25H,3-5,14H2,1-2H3,(H,27,28). The second-order valence-corrected chi connectivity index (χ2v) is 9.78. The minimum atomic E-state index is -3.74. The molecule has 7 nitrogen and oxygen atoms in total. The molecule has 4 rings (SSSR count). The summed E-state index contributed by atoms with van der Waals surface area (Å²) in [5, 5.41) is 13.2. The van der Waals surface area contributed by atoms with E-state index in [-0.39, 0.29) is 11.4 Å². The number of aryl methyl sites for hydroxylation is 2. The highest BCUT2D eigenvalue weighted by Gasteiger charge is 2.29. The Morgan fingerprint density at radius 2 is 1.81 bits per heavy atom. The zero-order chi connectivity index (χ0) is 22.2. The van der Waals surface area contributed by atoms with E-state index in [0.717, 1.165) is 39.9 Å². The molecule has 1 heterocycles. The number of fused-ring (bicyclic) bond motifs is 1. The van der Waals surface area contributed by atoms with E-state index in [1.165, 1.54) is 4.68 Å². The predicted octanol–water partition coefficient (Wildman–Crippen LogP) is 3.61. The quantitative estimate of drug-likeness (QED) is 0.611. The molecule has 1 aliphatic rings. The molecule has 0 radical (unpaired) electrons. The van der Waals surface area contributed by atoms with Crippen molar-refractivity contribution >= 4 is 16.0 Å². The Hall–Kier alpha value is -2.97. The molecule has 8 heteroatoms. The molecular weight excluding hydrogens is 414 g/mol. The van der Waals surface area contributed by atoms with Crippen LogP contribution >= 0.6 is 0 Å². The number of rotatable bonds is 6. The average Bonchev–Trinajstić information content (AvgIpc) is 3.10. The summed E-state index contributed by atoms with van der Waals surface area (Å²) in [6.45, 7) is 3.85. The Bertz CT molecular complexity index is 1210. The van der Waals surface area contributed by atoms with E-state index in [1.807, 2.05) is 26.0 Å². The van der Waals surface area contributed by atoms with Crippen LogP contribution in [0, 0.1) is 13.8 Å². The van der Waals surface area contributed by atoms with Gasteiger partial charge in [-0.05, 0) is 56.4 Å². The summed E-state index contributed by atoms with van der Waals surface area (Å²) in [4.78, 5) is 11.2. The molecular formula is C23H25N3O4S. The van der Waals surface area contributed by atoms with Crippen LogP contribution in [0.1, 0.15) is 41.3 Å². The number of carboxylic acids is 1. The van der Waals surface area contributed by atoms with Crippen molar-refractivity contribution in [2.24, 2.45) is 0 Å². The molecule has 0 saturated heterocycles. The van der Waals surface area contributed by atoms with Gasteiger partial charge < -0.3 is 5.11 Å². The van der Waals surface area contributed by atoms with Gasteiger partial charge in [0.25, 0.3) is 0 Å². The highest BCUT2D eigenvalue weighted by molar-refractivity contribution is 7.89. The lowest BCUT2D eigenvalue weighted by Gasteiger charge is -2.24. The van der Waals surface area contributed by atoms with E-state index in [4.69, 9.17) is 5.11 Å². The van der Waals surface area contributed by atoms with Crippen LogP contribution in [0.3, 0.4) is 0 Å². The van der Waals surface area contributed by atoms with Gasteiger partial charge in [-0.25, -0.2) is 13.1 Å². The molecule has 162 valence electrons. The highest BCUT2D eigenvalue weighted by Crippen LogP contribution is 2.31. The van der Waals surface area contributed by atoms with Crippen molar-refractivity contribution in [1.29, 1.82) is 0 Å². The summed E-state index contributed by atoms with van der Waals surface area (Å²) in [5.74, 6) is -0.975. The third kappa shape index (κ3) is 4.55. The summed E-state index contributed by atoms with van der Waals surface area (Å²) < 4.78 is 30.3. The Balaban J connectivity index is 1.56. The monoisotopic (exact) mass is 439 g/mol. The zero-order valence-corrected chi connectivity index (χ0v) is 18.3. The highest BCUT2D eigenvalue weighted by atomic mass is 32.2. The fourth-order valence-corrected chi connectivity index (χ4v) is 5.48. The molecule has 2 N–H and O–H groups in total. The largest absolute Gasteiger partial charge is 0.480 e. The van der Waals surface area contributed by atoms with Crippen LogP contribution in [0.5, 0.6) is 0 Å². The lowest BCUT2D eigenvalue weighted by atomic mass is 9.94. The second kappa shape index (κ2) is 8.28. The molecule has 0 amide bonds. The van der Waals surface area contributed by atoms with Gasteiger partial charge in [-0.1, -0.05) is 41.5 Å². The van der Waals surface area contributed by atoms with Crippen LogP contribution in [0.15, 0.2) is 53.6 Å². The van der Waals surface area contributed by atoms with Crippen LogP contribution < -0.4 is 4.72 Å². The van der Waals surface area contributed by atoms with Crippen molar-refractivity contribution in [3.8, 4) is 11.1 Å². The molecule has 0 bridgehead atoms. The Kier molecular flexibility index (Phi) is 5.68. The SMILES string of the molecule is Cc1cc(C)cc(-c2ccc(S(=O)(=O)NC3CCCc4c3cnn4CC(=O)O)cc2)c1. The van der Waals surface area contributed by atoms with Crippen molar-refractivity contribution in [1.82, 2.24) is 14.5 Å². The minimum absolute atomic E-state index is 0.200. The predicted molar refractivity (Wildman–Crippen MR) is 117 cm³/mol. The maximum Gasteiger partial charge on any atom is 0.325 e. The third-order valence-corrected chi connectivity index (χ3v) is 7.05. The molecule has 1 unspecified atom stereocenters. The van der Waals surface area contributed by atoms with Gasteiger partial charge in [0.1, 0.15) is 6.54 Å². The first kappa shape index (κ1) is 21.3. The van der Waals surface area contributed by atoms with Crippen LogP contribution in [-0.2, 0) is 27.8 Å².